The minimum atomic E-state index is -0.417. The van der Waals surface area contributed by atoms with E-state index in [2.05, 4.69) is 0 Å². The van der Waals surface area contributed by atoms with Crippen molar-refractivity contribution in [2.75, 3.05) is 6.61 Å². The molecule has 0 aromatic rings. The summed E-state index contributed by atoms with van der Waals surface area (Å²) in [6.07, 6.45) is 6.51. The molecule has 4 nitrogen and oxygen atoms in total. The molecule has 4 bridgehead atoms. The molecule has 0 amide bonds. The van der Waals surface area contributed by atoms with E-state index in [-0.39, 0.29) is 22.4 Å². The summed E-state index contributed by atoms with van der Waals surface area (Å²) in [6, 6.07) is 0. The molecule has 4 rings (SSSR count). The first-order chi connectivity index (χ1) is 10.9. The summed E-state index contributed by atoms with van der Waals surface area (Å²) in [4.78, 5) is 24.2. The molecule has 0 spiro atoms. The van der Waals surface area contributed by atoms with Crippen molar-refractivity contribution in [3.8, 4) is 0 Å². The first-order valence-corrected chi connectivity index (χ1v) is 9.45. The second kappa shape index (κ2) is 5.70. The van der Waals surface area contributed by atoms with Crippen molar-refractivity contribution in [1.82, 2.24) is 0 Å². The number of ether oxygens (including phenoxy) is 1. The number of carbonyl (C=O) groups excluding carboxylic acids is 1. The quantitative estimate of drug-likeness (QED) is 0.425. The molecule has 4 saturated carbocycles. The van der Waals surface area contributed by atoms with Crippen molar-refractivity contribution in [3.05, 3.63) is 0 Å². The Morgan fingerprint density at radius 3 is 2.04 bits per heavy atom. The van der Waals surface area contributed by atoms with Gasteiger partial charge in [0, 0.05) is 0 Å². The molecule has 4 heteroatoms. The van der Waals surface area contributed by atoms with E-state index in [1.807, 2.05) is 41.5 Å². The van der Waals surface area contributed by atoms with Crippen LogP contribution in [-0.2, 0) is 19.3 Å². The molecule has 4 aliphatic rings. The fraction of sp³-hybridized carbons (Fsp3) is 0.950. The smallest absolute Gasteiger partial charge is 0.312 e. The Kier molecular flexibility index (Phi) is 4.32. The van der Waals surface area contributed by atoms with Crippen molar-refractivity contribution in [3.63, 3.8) is 0 Å². The SMILES string of the molecule is CC(C)(C)OOCC12CC3CC(C1)CC(C(=O)OC(C)(C)C)(C3)C2. The van der Waals surface area contributed by atoms with Crippen LogP contribution in [0.1, 0.15) is 80.1 Å². The minimum Gasteiger partial charge on any atom is -0.460 e. The lowest BCUT2D eigenvalue weighted by molar-refractivity contribution is -0.367. The molecule has 138 valence electrons. The highest BCUT2D eigenvalue weighted by Gasteiger charge is 2.61. The van der Waals surface area contributed by atoms with E-state index in [1.54, 1.807) is 0 Å². The fourth-order valence-electron chi connectivity index (χ4n) is 5.58. The van der Waals surface area contributed by atoms with Crippen LogP contribution in [0.25, 0.3) is 0 Å². The van der Waals surface area contributed by atoms with E-state index in [0.717, 1.165) is 19.3 Å². The van der Waals surface area contributed by atoms with Crippen LogP contribution in [0, 0.1) is 22.7 Å². The van der Waals surface area contributed by atoms with Gasteiger partial charge in [-0.1, -0.05) is 0 Å². The summed E-state index contributed by atoms with van der Waals surface area (Å²) >= 11 is 0. The Hall–Kier alpha value is -0.610. The highest BCUT2D eigenvalue weighted by Crippen LogP contribution is 2.65. The van der Waals surface area contributed by atoms with Crippen LogP contribution in [0.5, 0.6) is 0 Å². The van der Waals surface area contributed by atoms with Crippen molar-refractivity contribution < 1.29 is 19.3 Å². The van der Waals surface area contributed by atoms with E-state index in [4.69, 9.17) is 14.5 Å². The molecule has 24 heavy (non-hydrogen) atoms. The maximum atomic E-state index is 13.0. The third kappa shape index (κ3) is 3.80. The van der Waals surface area contributed by atoms with Gasteiger partial charge in [0.2, 0.25) is 0 Å². The Balaban J connectivity index is 1.73. The van der Waals surface area contributed by atoms with Gasteiger partial charge in [-0.15, -0.1) is 0 Å². The van der Waals surface area contributed by atoms with Crippen molar-refractivity contribution in [2.24, 2.45) is 22.7 Å². The van der Waals surface area contributed by atoms with Crippen LogP contribution in [0.2, 0.25) is 0 Å². The van der Waals surface area contributed by atoms with Crippen LogP contribution >= 0.6 is 0 Å². The molecule has 0 saturated heterocycles. The van der Waals surface area contributed by atoms with Crippen LogP contribution in [0.4, 0.5) is 0 Å². The number of esters is 1. The first kappa shape index (κ1) is 18.2. The molecule has 4 fully saturated rings. The molecular weight excluding hydrogens is 304 g/mol. The van der Waals surface area contributed by atoms with Gasteiger partial charge >= 0.3 is 5.97 Å². The molecule has 2 unspecified atom stereocenters. The van der Waals surface area contributed by atoms with E-state index in [0.29, 0.717) is 18.4 Å². The molecule has 0 N–H and O–H groups in total. The van der Waals surface area contributed by atoms with E-state index < -0.39 is 5.60 Å². The summed E-state index contributed by atoms with van der Waals surface area (Å²) < 4.78 is 5.82. The molecule has 4 aliphatic carbocycles. The van der Waals surface area contributed by atoms with Crippen molar-refractivity contribution >= 4 is 5.97 Å². The van der Waals surface area contributed by atoms with Gasteiger partial charge in [-0.25, -0.2) is 9.78 Å². The molecular formula is C20H34O4. The van der Waals surface area contributed by atoms with Gasteiger partial charge in [-0.3, -0.25) is 4.79 Å². The van der Waals surface area contributed by atoms with Crippen LogP contribution in [-0.4, -0.2) is 23.8 Å². The predicted molar refractivity (Wildman–Crippen MR) is 92.2 cm³/mol. The zero-order valence-electron chi connectivity index (χ0n) is 16.2. The summed E-state index contributed by atoms with van der Waals surface area (Å²) in [5.74, 6) is 1.29. The molecule has 0 aliphatic heterocycles. The first-order valence-electron chi connectivity index (χ1n) is 9.45. The summed E-state index contributed by atoms with van der Waals surface area (Å²) in [5.41, 5.74) is -0.917. The van der Waals surface area contributed by atoms with Gasteiger partial charge < -0.3 is 4.74 Å². The van der Waals surface area contributed by atoms with Gasteiger partial charge in [0.1, 0.15) is 5.60 Å². The summed E-state index contributed by atoms with van der Waals surface area (Å²) in [6.45, 7) is 12.5. The van der Waals surface area contributed by atoms with Gasteiger partial charge in [0.05, 0.1) is 17.6 Å². The average molecular weight is 338 g/mol. The Morgan fingerprint density at radius 2 is 1.54 bits per heavy atom. The molecule has 2 atom stereocenters. The normalized spacial score (nSPS) is 38.4. The van der Waals surface area contributed by atoms with E-state index in [9.17, 15) is 4.79 Å². The third-order valence-corrected chi connectivity index (χ3v) is 5.69. The second-order valence-corrected chi connectivity index (χ2v) is 10.7. The molecule has 0 radical (unpaired) electrons. The summed E-state index contributed by atoms with van der Waals surface area (Å²) in [5, 5.41) is 0. The predicted octanol–water partition coefficient (Wildman–Crippen LogP) is 4.66. The van der Waals surface area contributed by atoms with Crippen LogP contribution in [0.3, 0.4) is 0 Å². The zero-order valence-corrected chi connectivity index (χ0v) is 16.2. The highest BCUT2D eigenvalue weighted by atomic mass is 17.2. The number of carbonyl (C=O) groups is 1. The Morgan fingerprint density at radius 1 is 0.958 bits per heavy atom. The molecule has 0 aromatic carbocycles. The van der Waals surface area contributed by atoms with Crippen molar-refractivity contribution in [2.45, 2.75) is 91.3 Å². The molecule has 0 heterocycles. The average Bonchev–Trinajstić information content (AvgIpc) is 2.32. The second-order valence-electron chi connectivity index (χ2n) is 10.7. The fourth-order valence-corrected chi connectivity index (χ4v) is 5.58. The van der Waals surface area contributed by atoms with Gasteiger partial charge in [-0.05, 0) is 97.3 Å². The van der Waals surface area contributed by atoms with E-state index >= 15 is 0 Å². The Labute approximate surface area is 146 Å². The number of rotatable bonds is 4. The lowest BCUT2D eigenvalue weighted by Gasteiger charge is -2.60. The van der Waals surface area contributed by atoms with Crippen LogP contribution < -0.4 is 0 Å². The van der Waals surface area contributed by atoms with Crippen molar-refractivity contribution in [1.29, 1.82) is 0 Å². The Bertz CT molecular complexity index is 483. The summed E-state index contributed by atoms with van der Waals surface area (Å²) in [7, 11) is 0. The van der Waals surface area contributed by atoms with Crippen LogP contribution in [0.15, 0.2) is 0 Å². The zero-order chi connectivity index (χ0) is 17.8. The highest BCUT2D eigenvalue weighted by molar-refractivity contribution is 5.78. The third-order valence-electron chi connectivity index (χ3n) is 5.69. The monoisotopic (exact) mass is 338 g/mol. The maximum absolute atomic E-state index is 13.0. The maximum Gasteiger partial charge on any atom is 0.312 e. The minimum absolute atomic E-state index is 0.0187. The standard InChI is InChI=1S/C20H34O4/c1-17(2,3)23-16(21)20-10-14-7-15(11-20)9-19(8-14,12-20)13-22-24-18(4,5)6/h14-15H,7-13H2,1-6H3. The lowest BCUT2D eigenvalue weighted by atomic mass is 9.44. The van der Waals surface area contributed by atoms with E-state index in [1.165, 1.54) is 19.3 Å². The largest absolute Gasteiger partial charge is 0.460 e. The number of hydrogen-bond acceptors (Lipinski definition) is 4. The molecule has 0 aromatic heterocycles. The van der Waals surface area contributed by atoms with Gasteiger partial charge in [-0.2, -0.15) is 0 Å². The van der Waals surface area contributed by atoms with Gasteiger partial charge in [0.15, 0.2) is 0 Å². The lowest BCUT2D eigenvalue weighted by Crippen LogP contribution is -2.57. The van der Waals surface area contributed by atoms with Gasteiger partial charge in [0.25, 0.3) is 0 Å². The number of hydrogen-bond donors (Lipinski definition) is 0. The topological polar surface area (TPSA) is 44.8 Å².